The van der Waals surface area contributed by atoms with E-state index in [9.17, 15) is 13.2 Å². The molecule has 0 saturated carbocycles. The molecule has 1 aromatic carbocycles. The van der Waals surface area contributed by atoms with E-state index < -0.39 is 26.5 Å². The van der Waals surface area contributed by atoms with Gasteiger partial charge in [0.25, 0.3) is 10.0 Å². The number of carbonyl (C=O) groups excluding carboxylic acids is 1. The van der Waals surface area contributed by atoms with Gasteiger partial charge in [0.2, 0.25) is 0 Å². The molecule has 0 bridgehead atoms. The van der Waals surface area contributed by atoms with Crippen molar-refractivity contribution < 1.29 is 17.9 Å². The van der Waals surface area contributed by atoms with Crippen LogP contribution in [0.15, 0.2) is 33.6 Å². The molecule has 0 N–H and O–H groups in total. The molecule has 7 heteroatoms. The van der Waals surface area contributed by atoms with Gasteiger partial charge < -0.3 is 4.74 Å². The zero-order valence-corrected chi connectivity index (χ0v) is 15.0. The molecule has 22 heavy (non-hydrogen) atoms. The summed E-state index contributed by atoms with van der Waals surface area (Å²) in [4.78, 5) is 12.4. The van der Waals surface area contributed by atoms with Crippen LogP contribution in [-0.4, -0.2) is 44.1 Å². The summed E-state index contributed by atoms with van der Waals surface area (Å²) in [5.41, 5.74) is 1.13. The summed E-state index contributed by atoms with van der Waals surface area (Å²) in [6.45, 7) is 5.33. The standard InChI is InChI=1S/C15H21NO4S2/c1-6-20-15(17)14(21(4)5)12(3)16-22(18,19)13-9-7-11(2)8-10-13/h7-10H,6H2,1-5H3. The Morgan fingerprint density at radius 1 is 1.23 bits per heavy atom. The molecule has 0 heterocycles. The van der Waals surface area contributed by atoms with Crippen molar-refractivity contribution >= 4 is 37.1 Å². The Balaban J connectivity index is 3.26. The topological polar surface area (TPSA) is 72.8 Å². The maximum atomic E-state index is 12.3. The molecule has 0 aromatic heterocycles. The molecule has 0 saturated heterocycles. The third kappa shape index (κ3) is 4.78. The van der Waals surface area contributed by atoms with Gasteiger partial charge in [-0.3, -0.25) is 0 Å². The first kappa shape index (κ1) is 18.6. The fourth-order valence-electron chi connectivity index (χ4n) is 1.79. The monoisotopic (exact) mass is 343 g/mol. The molecule has 0 aliphatic carbocycles. The number of hydrogen-bond donors (Lipinski definition) is 0. The van der Waals surface area contributed by atoms with E-state index in [0.717, 1.165) is 5.56 Å². The van der Waals surface area contributed by atoms with Crippen LogP contribution in [0.25, 0.3) is 0 Å². The van der Waals surface area contributed by atoms with Gasteiger partial charge >= 0.3 is 5.97 Å². The highest BCUT2D eigenvalue weighted by Crippen LogP contribution is 2.15. The number of ether oxygens (including phenoxy) is 1. The third-order valence-electron chi connectivity index (χ3n) is 2.77. The number of rotatable bonds is 5. The minimum absolute atomic E-state index is 0.104. The van der Waals surface area contributed by atoms with Crippen molar-refractivity contribution in [1.82, 2.24) is 0 Å². The fraction of sp³-hybridized carbons (Fsp3) is 0.400. The van der Waals surface area contributed by atoms with Crippen LogP contribution >= 0.6 is 10.5 Å². The van der Waals surface area contributed by atoms with Crippen molar-refractivity contribution in [2.24, 2.45) is 4.40 Å². The summed E-state index contributed by atoms with van der Waals surface area (Å²) < 4.78 is 33.4. The lowest BCUT2D eigenvalue weighted by Crippen LogP contribution is -2.25. The molecule has 0 spiro atoms. The molecular formula is C15H21NO4S2. The molecular weight excluding hydrogens is 322 g/mol. The van der Waals surface area contributed by atoms with E-state index in [1.54, 1.807) is 19.1 Å². The number of hydrogen-bond acceptors (Lipinski definition) is 4. The molecule has 0 fully saturated rings. The van der Waals surface area contributed by atoms with Crippen LogP contribution in [0, 0.1) is 6.92 Å². The molecule has 0 atom stereocenters. The highest BCUT2D eigenvalue weighted by Gasteiger charge is 2.20. The molecule has 0 amide bonds. The van der Waals surface area contributed by atoms with Gasteiger partial charge in [0.1, 0.15) is 4.86 Å². The second-order valence-corrected chi connectivity index (χ2v) is 8.48. The Morgan fingerprint density at radius 3 is 2.23 bits per heavy atom. The Kier molecular flexibility index (Phi) is 6.49. The second kappa shape index (κ2) is 7.69. The Labute approximate surface area is 134 Å². The van der Waals surface area contributed by atoms with Crippen molar-refractivity contribution in [3.05, 3.63) is 29.8 Å². The van der Waals surface area contributed by atoms with Gasteiger partial charge in [-0.1, -0.05) is 17.7 Å². The lowest BCUT2D eigenvalue weighted by atomic mass is 10.2. The summed E-state index contributed by atoms with van der Waals surface area (Å²) >= 11 is 0. The van der Waals surface area contributed by atoms with Crippen LogP contribution in [0.3, 0.4) is 0 Å². The Bertz CT molecular complexity index is 712. The molecule has 0 radical (unpaired) electrons. The van der Waals surface area contributed by atoms with E-state index in [1.807, 2.05) is 19.4 Å². The van der Waals surface area contributed by atoms with Gasteiger partial charge in [0.15, 0.2) is 0 Å². The molecule has 1 aromatic rings. The molecule has 0 aliphatic rings. The third-order valence-corrected chi connectivity index (χ3v) is 5.43. The number of carbonyl (C=O) groups is 1. The van der Waals surface area contributed by atoms with Gasteiger partial charge in [-0.2, -0.15) is 23.3 Å². The quantitative estimate of drug-likeness (QED) is 0.467. The average Bonchev–Trinajstić information content (AvgIpc) is 2.38. The van der Waals surface area contributed by atoms with Gasteiger partial charge in [-0.05, 0) is 45.4 Å². The van der Waals surface area contributed by atoms with Gasteiger partial charge in [-0.25, -0.2) is 4.79 Å². The van der Waals surface area contributed by atoms with Crippen LogP contribution in [-0.2, 0) is 19.6 Å². The highest BCUT2D eigenvalue weighted by atomic mass is 32.2. The van der Waals surface area contributed by atoms with Crippen molar-refractivity contribution in [3.8, 4) is 0 Å². The summed E-state index contributed by atoms with van der Waals surface area (Å²) in [6.07, 6.45) is 3.65. The smallest absolute Gasteiger partial charge is 0.345 e. The van der Waals surface area contributed by atoms with Crippen molar-refractivity contribution in [2.45, 2.75) is 25.7 Å². The van der Waals surface area contributed by atoms with Crippen molar-refractivity contribution in [3.63, 3.8) is 0 Å². The first-order chi connectivity index (χ1) is 10.2. The summed E-state index contributed by atoms with van der Waals surface area (Å²) in [5, 5.41) is 0. The number of nitrogens with zero attached hydrogens (tertiary/aromatic N) is 1. The predicted octanol–water partition coefficient (Wildman–Crippen LogP) is 2.41. The maximum Gasteiger partial charge on any atom is 0.345 e. The highest BCUT2D eigenvalue weighted by molar-refractivity contribution is 8.16. The van der Waals surface area contributed by atoms with Crippen molar-refractivity contribution in [2.75, 3.05) is 19.1 Å². The summed E-state index contributed by atoms with van der Waals surface area (Å²) in [7, 11) is -4.30. The van der Waals surface area contributed by atoms with Crippen LogP contribution in [0.4, 0.5) is 0 Å². The molecule has 0 aliphatic heterocycles. The predicted molar refractivity (Wildman–Crippen MR) is 92.6 cm³/mol. The van der Waals surface area contributed by atoms with E-state index in [1.165, 1.54) is 19.1 Å². The largest absolute Gasteiger partial charge is 0.462 e. The minimum Gasteiger partial charge on any atom is -0.462 e. The van der Waals surface area contributed by atoms with Gasteiger partial charge in [-0.15, -0.1) is 0 Å². The number of esters is 1. The zero-order chi connectivity index (χ0) is 16.9. The summed E-state index contributed by atoms with van der Waals surface area (Å²) in [6, 6.07) is 6.42. The van der Waals surface area contributed by atoms with Crippen LogP contribution in [0.1, 0.15) is 19.4 Å². The van der Waals surface area contributed by atoms with E-state index in [-0.39, 0.29) is 17.2 Å². The molecule has 122 valence electrons. The van der Waals surface area contributed by atoms with Crippen LogP contribution in [0.2, 0.25) is 0 Å². The number of sulfonamides is 1. The van der Waals surface area contributed by atoms with Crippen molar-refractivity contribution in [1.29, 1.82) is 0 Å². The molecule has 0 unspecified atom stereocenters. The van der Waals surface area contributed by atoms with E-state index in [4.69, 9.17) is 4.74 Å². The fourth-order valence-corrected chi connectivity index (χ4v) is 3.91. The van der Waals surface area contributed by atoms with Crippen LogP contribution in [0.5, 0.6) is 0 Å². The van der Waals surface area contributed by atoms with E-state index in [2.05, 4.69) is 4.40 Å². The van der Waals surface area contributed by atoms with E-state index in [0.29, 0.717) is 4.86 Å². The second-order valence-electron chi connectivity index (χ2n) is 4.83. The minimum atomic E-state index is -3.84. The lowest BCUT2D eigenvalue weighted by Gasteiger charge is -2.09. The van der Waals surface area contributed by atoms with Crippen LogP contribution < -0.4 is 0 Å². The first-order valence-corrected chi connectivity index (χ1v) is 10.2. The van der Waals surface area contributed by atoms with E-state index >= 15 is 0 Å². The number of aryl methyl sites for hydroxylation is 1. The molecule has 1 rings (SSSR count). The SMILES string of the molecule is CCOC(=O)C(C(C)=NS(=O)(=O)c1ccc(C)cc1)=S(C)C. The first-order valence-electron chi connectivity index (χ1n) is 6.69. The Morgan fingerprint density at radius 2 is 1.77 bits per heavy atom. The lowest BCUT2D eigenvalue weighted by molar-refractivity contribution is -0.134. The zero-order valence-electron chi connectivity index (χ0n) is 13.4. The average molecular weight is 343 g/mol. The molecule has 5 nitrogen and oxygen atoms in total. The summed E-state index contributed by atoms with van der Waals surface area (Å²) in [5.74, 6) is -0.517. The van der Waals surface area contributed by atoms with Gasteiger partial charge in [0.05, 0.1) is 17.2 Å². The Hall–Kier alpha value is -1.47. The normalized spacial score (nSPS) is 12.4. The number of benzene rings is 1. The maximum absolute atomic E-state index is 12.3. The van der Waals surface area contributed by atoms with Gasteiger partial charge in [0, 0.05) is 0 Å².